The Balaban J connectivity index is 2.37. The molecule has 0 saturated carbocycles. The number of carboxylic acids is 1. The molecule has 1 amide bonds. The molecule has 0 radical (unpaired) electrons. The quantitative estimate of drug-likeness (QED) is 0.739. The average Bonchev–Trinajstić information content (AvgIpc) is 2.80. The van der Waals surface area contributed by atoms with Crippen molar-refractivity contribution in [2.24, 2.45) is 5.92 Å². The first-order chi connectivity index (χ1) is 8.56. The maximum absolute atomic E-state index is 11.9. The van der Waals surface area contributed by atoms with Crippen LogP contribution in [-0.4, -0.2) is 59.5 Å². The van der Waals surface area contributed by atoms with Crippen LogP contribution in [0, 0.1) is 5.92 Å². The van der Waals surface area contributed by atoms with Crippen molar-refractivity contribution in [2.45, 2.75) is 33.1 Å². The Bertz CT molecular complexity index is 294. The summed E-state index contributed by atoms with van der Waals surface area (Å²) in [5.41, 5.74) is 0. The number of carbonyl (C=O) groups is 2. The molecular formula is C13H24N2O3. The van der Waals surface area contributed by atoms with Crippen LogP contribution in [0.15, 0.2) is 0 Å². The van der Waals surface area contributed by atoms with Gasteiger partial charge in [-0.3, -0.25) is 9.59 Å². The topological polar surface area (TPSA) is 60.9 Å². The van der Waals surface area contributed by atoms with E-state index in [1.165, 1.54) is 0 Å². The minimum absolute atomic E-state index is 0.0325. The summed E-state index contributed by atoms with van der Waals surface area (Å²) in [7, 11) is 0. The Morgan fingerprint density at radius 2 is 2.06 bits per heavy atom. The number of rotatable bonds is 7. The van der Waals surface area contributed by atoms with E-state index in [1.807, 2.05) is 6.92 Å². The van der Waals surface area contributed by atoms with Crippen molar-refractivity contribution in [3.63, 3.8) is 0 Å². The number of carbonyl (C=O) groups excluding carboxylic acids is 1. The largest absolute Gasteiger partial charge is 0.481 e. The van der Waals surface area contributed by atoms with E-state index < -0.39 is 5.97 Å². The number of carboxylic acid groups (broad SMARTS) is 1. The highest BCUT2D eigenvalue weighted by atomic mass is 16.4. The fourth-order valence-corrected chi connectivity index (χ4v) is 2.44. The van der Waals surface area contributed by atoms with E-state index >= 15 is 0 Å². The van der Waals surface area contributed by atoms with Gasteiger partial charge in [-0.15, -0.1) is 0 Å². The molecule has 0 spiro atoms. The second-order valence-electron chi connectivity index (χ2n) is 4.87. The maximum atomic E-state index is 11.9. The molecule has 1 N–H and O–H groups in total. The van der Waals surface area contributed by atoms with Crippen LogP contribution in [0.25, 0.3) is 0 Å². The summed E-state index contributed by atoms with van der Waals surface area (Å²) < 4.78 is 0. The Hall–Kier alpha value is -1.10. The van der Waals surface area contributed by atoms with Crippen LogP contribution < -0.4 is 0 Å². The molecule has 5 heteroatoms. The highest BCUT2D eigenvalue weighted by Gasteiger charge is 2.24. The number of aliphatic carboxylic acids is 1. The smallest absolute Gasteiger partial charge is 0.303 e. The lowest BCUT2D eigenvalue weighted by Crippen LogP contribution is -2.36. The zero-order valence-electron chi connectivity index (χ0n) is 11.4. The van der Waals surface area contributed by atoms with E-state index in [4.69, 9.17) is 5.11 Å². The lowest BCUT2D eigenvalue weighted by Gasteiger charge is -2.24. The van der Waals surface area contributed by atoms with Crippen molar-refractivity contribution in [1.29, 1.82) is 0 Å². The van der Waals surface area contributed by atoms with Gasteiger partial charge in [-0.25, -0.2) is 0 Å². The third-order valence-electron chi connectivity index (χ3n) is 3.58. The normalized spacial score (nSPS) is 20.0. The molecule has 0 unspecified atom stereocenters. The molecule has 1 aliphatic heterocycles. The number of nitrogens with zero attached hydrogens (tertiary/aromatic N) is 2. The monoisotopic (exact) mass is 256 g/mol. The first-order valence-corrected chi connectivity index (χ1v) is 6.78. The maximum Gasteiger partial charge on any atom is 0.303 e. The molecule has 0 aromatic carbocycles. The van der Waals surface area contributed by atoms with Crippen molar-refractivity contribution < 1.29 is 14.7 Å². The summed E-state index contributed by atoms with van der Waals surface area (Å²) >= 11 is 0. The van der Waals surface area contributed by atoms with E-state index in [9.17, 15) is 9.59 Å². The van der Waals surface area contributed by atoms with Crippen LogP contribution in [0.5, 0.6) is 0 Å². The Kier molecular flexibility index (Phi) is 6.12. The summed E-state index contributed by atoms with van der Waals surface area (Å²) in [6.45, 7) is 8.77. The summed E-state index contributed by atoms with van der Waals surface area (Å²) in [5.74, 6) is -0.397. The summed E-state index contributed by atoms with van der Waals surface area (Å²) in [4.78, 5) is 26.5. The highest BCUT2D eigenvalue weighted by molar-refractivity contribution is 5.80. The van der Waals surface area contributed by atoms with Crippen molar-refractivity contribution in [3.8, 4) is 0 Å². The van der Waals surface area contributed by atoms with Crippen LogP contribution in [0.2, 0.25) is 0 Å². The highest BCUT2D eigenvalue weighted by Crippen LogP contribution is 2.17. The summed E-state index contributed by atoms with van der Waals surface area (Å²) in [5, 5.41) is 8.59. The van der Waals surface area contributed by atoms with Gasteiger partial charge in [0.25, 0.3) is 0 Å². The summed E-state index contributed by atoms with van der Waals surface area (Å²) in [6, 6.07) is 0. The molecule has 0 bridgehead atoms. The molecule has 1 heterocycles. The van der Waals surface area contributed by atoms with Crippen LogP contribution >= 0.6 is 0 Å². The second kappa shape index (κ2) is 7.36. The number of hydrogen-bond donors (Lipinski definition) is 1. The zero-order valence-corrected chi connectivity index (χ0v) is 11.4. The first kappa shape index (κ1) is 15.0. The van der Waals surface area contributed by atoms with Crippen LogP contribution in [0.3, 0.4) is 0 Å². The number of likely N-dealkylation sites (tertiary alicyclic amines) is 1. The van der Waals surface area contributed by atoms with Gasteiger partial charge in [0.2, 0.25) is 5.91 Å². The van der Waals surface area contributed by atoms with Gasteiger partial charge in [-0.1, -0.05) is 6.92 Å². The molecule has 18 heavy (non-hydrogen) atoms. The van der Waals surface area contributed by atoms with E-state index in [2.05, 4.69) is 11.8 Å². The number of amides is 1. The van der Waals surface area contributed by atoms with Gasteiger partial charge in [0.05, 0.1) is 6.42 Å². The lowest BCUT2D eigenvalue weighted by atomic mass is 10.1. The van der Waals surface area contributed by atoms with Crippen molar-refractivity contribution in [1.82, 2.24) is 9.80 Å². The molecule has 0 aromatic rings. The third-order valence-corrected chi connectivity index (χ3v) is 3.58. The van der Waals surface area contributed by atoms with Crippen molar-refractivity contribution in [3.05, 3.63) is 0 Å². The fourth-order valence-electron chi connectivity index (χ4n) is 2.44. The predicted octanol–water partition coefficient (Wildman–Crippen LogP) is 1.04. The van der Waals surface area contributed by atoms with Crippen LogP contribution in [0.1, 0.15) is 33.1 Å². The van der Waals surface area contributed by atoms with Gasteiger partial charge in [0, 0.05) is 26.1 Å². The van der Waals surface area contributed by atoms with Gasteiger partial charge in [-0.05, 0) is 32.4 Å². The van der Waals surface area contributed by atoms with Crippen LogP contribution in [-0.2, 0) is 9.59 Å². The van der Waals surface area contributed by atoms with Crippen LogP contribution in [0.4, 0.5) is 0 Å². The molecular weight excluding hydrogens is 232 g/mol. The molecule has 1 fully saturated rings. The number of hydrogen-bond acceptors (Lipinski definition) is 3. The standard InChI is InChI=1S/C13H24N2O3/c1-3-14-8-7-11(9-14)10-15(4-2)12(16)5-6-13(17)18/h11H,3-10H2,1-2H3,(H,17,18)/t11-/m1/s1. The Morgan fingerprint density at radius 3 is 2.56 bits per heavy atom. The lowest BCUT2D eigenvalue weighted by molar-refractivity contribution is -0.141. The van der Waals surface area contributed by atoms with Gasteiger partial charge in [0.1, 0.15) is 0 Å². The minimum Gasteiger partial charge on any atom is -0.481 e. The second-order valence-corrected chi connectivity index (χ2v) is 4.87. The molecule has 1 rings (SSSR count). The summed E-state index contributed by atoms with van der Waals surface area (Å²) in [6.07, 6.45) is 1.19. The average molecular weight is 256 g/mol. The Morgan fingerprint density at radius 1 is 1.33 bits per heavy atom. The van der Waals surface area contributed by atoms with Crippen molar-refractivity contribution in [2.75, 3.05) is 32.7 Å². The fraction of sp³-hybridized carbons (Fsp3) is 0.846. The van der Waals surface area contributed by atoms with E-state index in [-0.39, 0.29) is 18.7 Å². The Labute approximate surface area is 109 Å². The van der Waals surface area contributed by atoms with Crippen molar-refractivity contribution >= 4 is 11.9 Å². The van der Waals surface area contributed by atoms with E-state index in [1.54, 1.807) is 4.90 Å². The van der Waals surface area contributed by atoms with E-state index in [0.29, 0.717) is 12.5 Å². The van der Waals surface area contributed by atoms with Gasteiger partial charge >= 0.3 is 5.97 Å². The first-order valence-electron chi connectivity index (χ1n) is 6.78. The van der Waals surface area contributed by atoms with E-state index in [0.717, 1.165) is 32.6 Å². The van der Waals surface area contributed by atoms with Gasteiger partial charge in [0.15, 0.2) is 0 Å². The molecule has 1 aliphatic rings. The third kappa shape index (κ3) is 4.64. The molecule has 5 nitrogen and oxygen atoms in total. The predicted molar refractivity (Wildman–Crippen MR) is 69.3 cm³/mol. The van der Waals surface area contributed by atoms with Gasteiger partial charge < -0.3 is 14.9 Å². The molecule has 0 aliphatic carbocycles. The SMILES string of the molecule is CCN1CC[C@@H](CN(CC)C(=O)CCC(=O)O)C1. The van der Waals surface area contributed by atoms with Gasteiger partial charge in [-0.2, -0.15) is 0 Å². The molecule has 1 saturated heterocycles. The molecule has 1 atom stereocenters. The molecule has 104 valence electrons. The zero-order chi connectivity index (χ0) is 13.5. The minimum atomic E-state index is -0.905. The molecule has 0 aromatic heterocycles.